The first kappa shape index (κ1) is 32.2. The average molecular weight is 628 g/mol. The van der Waals surface area contributed by atoms with Crippen molar-refractivity contribution in [2.75, 3.05) is 57.1 Å². The van der Waals surface area contributed by atoms with Crippen LogP contribution in [0.25, 0.3) is 0 Å². The Morgan fingerprint density at radius 3 is 2.52 bits per heavy atom. The van der Waals surface area contributed by atoms with E-state index >= 15 is 0 Å². The molecule has 2 aromatic carbocycles. The van der Waals surface area contributed by atoms with Crippen LogP contribution in [0, 0.1) is 5.92 Å². The third-order valence-corrected chi connectivity index (χ3v) is 8.99. The van der Waals surface area contributed by atoms with E-state index in [1.54, 1.807) is 0 Å². The quantitative estimate of drug-likeness (QED) is 0.258. The Kier molecular flexibility index (Phi) is 10.1. The number of carbonyl (C=O) groups is 2. The summed E-state index contributed by atoms with van der Waals surface area (Å²) in [7, 11) is 1.51. The highest BCUT2D eigenvalue weighted by Gasteiger charge is 2.30. The smallest absolute Gasteiger partial charge is 0.323 e. The molecule has 2 aliphatic carbocycles. The lowest BCUT2D eigenvalue weighted by molar-refractivity contribution is -0.136. The van der Waals surface area contributed by atoms with Gasteiger partial charge in [-0.05, 0) is 78.3 Å². The van der Waals surface area contributed by atoms with Crippen molar-refractivity contribution in [1.82, 2.24) is 14.5 Å². The van der Waals surface area contributed by atoms with Gasteiger partial charge in [0.25, 0.3) is 0 Å². The summed E-state index contributed by atoms with van der Waals surface area (Å²) >= 11 is -2.19. The summed E-state index contributed by atoms with van der Waals surface area (Å²) in [6.07, 6.45) is 5.20. The fourth-order valence-electron chi connectivity index (χ4n) is 5.97. The fraction of sp³-hybridized carbons (Fsp3) is 0.562. The minimum Gasteiger partial charge on any atom is -0.494 e. The van der Waals surface area contributed by atoms with Gasteiger partial charge in [-0.25, -0.2) is 13.7 Å². The van der Waals surface area contributed by atoms with Gasteiger partial charge in [0.05, 0.1) is 19.3 Å². The van der Waals surface area contributed by atoms with E-state index in [1.165, 1.54) is 20.0 Å². The van der Waals surface area contributed by atoms with Gasteiger partial charge in [0.2, 0.25) is 17.2 Å². The van der Waals surface area contributed by atoms with Gasteiger partial charge < -0.3 is 25.0 Å². The summed E-state index contributed by atoms with van der Waals surface area (Å²) in [6, 6.07) is 7.18. The Labute approximate surface area is 262 Å². The van der Waals surface area contributed by atoms with Gasteiger partial charge in [0, 0.05) is 44.0 Å². The lowest BCUT2D eigenvalue weighted by Crippen LogP contribution is -2.51. The molecule has 240 valence electrons. The number of anilines is 2. The summed E-state index contributed by atoms with van der Waals surface area (Å²) in [5.74, 6) is 2.19. The normalized spacial score (nSPS) is 17.8. The van der Waals surface area contributed by atoms with Gasteiger partial charge in [0.1, 0.15) is 18.1 Å². The second kappa shape index (κ2) is 13.8. The molecule has 1 saturated carbocycles. The molecule has 0 aromatic heterocycles. The van der Waals surface area contributed by atoms with Crippen LogP contribution in [-0.4, -0.2) is 76.9 Å². The van der Waals surface area contributed by atoms with Crippen molar-refractivity contribution in [1.29, 1.82) is 0 Å². The van der Waals surface area contributed by atoms with Crippen LogP contribution in [0.1, 0.15) is 62.3 Å². The van der Waals surface area contributed by atoms with E-state index in [0.717, 1.165) is 67.0 Å². The number of rotatable bonds is 12. The molecule has 2 fully saturated rings. The van der Waals surface area contributed by atoms with Crippen LogP contribution < -0.4 is 24.8 Å². The number of hydrogen-bond acceptors (Lipinski definition) is 6. The minimum absolute atomic E-state index is 0.0917. The number of carbonyl (C=O) groups excluding carboxylic acids is 2. The van der Waals surface area contributed by atoms with Crippen molar-refractivity contribution in [2.45, 2.75) is 64.8 Å². The molecule has 1 heterocycles. The summed E-state index contributed by atoms with van der Waals surface area (Å²) in [4.78, 5) is 30.0. The van der Waals surface area contributed by atoms with Crippen LogP contribution in [0.2, 0.25) is 0 Å². The van der Waals surface area contributed by atoms with Crippen LogP contribution in [0.5, 0.6) is 11.5 Å². The van der Waals surface area contributed by atoms with Crippen molar-refractivity contribution < 1.29 is 27.8 Å². The number of piperazine rings is 1. The second-order valence-electron chi connectivity index (χ2n) is 12.9. The van der Waals surface area contributed by atoms with Gasteiger partial charge >= 0.3 is 6.03 Å². The highest BCUT2D eigenvalue weighted by atomic mass is 32.2. The zero-order valence-corrected chi connectivity index (χ0v) is 27.0. The van der Waals surface area contributed by atoms with E-state index in [4.69, 9.17) is 9.47 Å². The van der Waals surface area contributed by atoms with Crippen LogP contribution in [0.15, 0.2) is 24.3 Å². The van der Waals surface area contributed by atoms with Crippen LogP contribution in [0.3, 0.4) is 0 Å². The zero-order chi connectivity index (χ0) is 31.4. The molecule has 3 aliphatic rings. The number of hydrogen-bond donors (Lipinski definition) is 4. The largest absolute Gasteiger partial charge is 0.494 e. The highest BCUT2D eigenvalue weighted by Crippen LogP contribution is 2.38. The second-order valence-corrected chi connectivity index (χ2v) is 13.7. The van der Waals surface area contributed by atoms with E-state index in [1.807, 2.05) is 29.2 Å². The SMILES string of the molecule is COc1c(CNS(=O)O)cc(C(C)(C)C)cc1NC(=O)Nc1ccc(OCCN2CCN(CC3CC3)C(=O)C2)c2c1CCC2. The van der Waals surface area contributed by atoms with Crippen molar-refractivity contribution in [3.63, 3.8) is 0 Å². The van der Waals surface area contributed by atoms with Crippen LogP contribution in [-0.2, 0) is 40.9 Å². The van der Waals surface area contributed by atoms with Crippen molar-refractivity contribution >= 4 is 34.6 Å². The minimum atomic E-state index is -2.19. The number of nitrogens with zero attached hydrogens (tertiary/aromatic N) is 2. The van der Waals surface area contributed by atoms with Crippen molar-refractivity contribution in [3.05, 3.63) is 46.5 Å². The van der Waals surface area contributed by atoms with E-state index in [0.29, 0.717) is 42.6 Å². The van der Waals surface area contributed by atoms with E-state index in [9.17, 15) is 18.4 Å². The lowest BCUT2D eigenvalue weighted by Gasteiger charge is -2.34. The van der Waals surface area contributed by atoms with Gasteiger partial charge in [-0.1, -0.05) is 26.8 Å². The first-order valence-electron chi connectivity index (χ1n) is 15.4. The molecule has 44 heavy (non-hydrogen) atoms. The van der Waals surface area contributed by atoms with Gasteiger partial charge in [-0.3, -0.25) is 14.2 Å². The van der Waals surface area contributed by atoms with Crippen LogP contribution >= 0.6 is 0 Å². The number of benzene rings is 2. The van der Waals surface area contributed by atoms with Crippen molar-refractivity contribution in [3.8, 4) is 11.5 Å². The lowest BCUT2D eigenvalue weighted by atomic mass is 9.85. The molecule has 0 radical (unpaired) electrons. The summed E-state index contributed by atoms with van der Waals surface area (Å²) in [6.45, 7) is 10.5. The Morgan fingerprint density at radius 1 is 1.09 bits per heavy atom. The predicted molar refractivity (Wildman–Crippen MR) is 172 cm³/mol. The van der Waals surface area contributed by atoms with E-state index in [-0.39, 0.29) is 17.9 Å². The molecule has 12 heteroatoms. The Balaban J connectivity index is 1.22. The van der Waals surface area contributed by atoms with Gasteiger partial charge in [-0.15, -0.1) is 0 Å². The maximum absolute atomic E-state index is 13.3. The number of ether oxygens (including phenoxy) is 2. The Morgan fingerprint density at radius 2 is 1.84 bits per heavy atom. The number of urea groups is 1. The maximum Gasteiger partial charge on any atom is 0.323 e. The summed E-state index contributed by atoms with van der Waals surface area (Å²) in [5.41, 5.74) is 4.77. The Bertz CT molecular complexity index is 1410. The van der Waals surface area contributed by atoms with Gasteiger partial charge in [-0.2, -0.15) is 0 Å². The monoisotopic (exact) mass is 627 g/mol. The van der Waals surface area contributed by atoms with Crippen LogP contribution in [0.4, 0.5) is 16.2 Å². The first-order valence-corrected chi connectivity index (χ1v) is 16.5. The molecule has 1 saturated heterocycles. The molecule has 4 N–H and O–H groups in total. The number of methoxy groups -OCH3 is 1. The molecule has 1 aliphatic heterocycles. The number of fused-ring (bicyclic) bond motifs is 1. The molecular weight excluding hydrogens is 582 g/mol. The maximum atomic E-state index is 13.3. The molecule has 0 bridgehead atoms. The highest BCUT2D eigenvalue weighted by molar-refractivity contribution is 7.77. The van der Waals surface area contributed by atoms with Crippen molar-refractivity contribution in [2.24, 2.45) is 5.92 Å². The van der Waals surface area contributed by atoms with Gasteiger partial charge in [0.15, 0.2) is 0 Å². The first-order chi connectivity index (χ1) is 21.0. The molecule has 1 atom stereocenters. The molecule has 11 nitrogen and oxygen atoms in total. The molecule has 1 unspecified atom stereocenters. The molecule has 0 spiro atoms. The molecule has 5 rings (SSSR count). The number of amides is 3. The third-order valence-electron chi connectivity index (χ3n) is 8.60. The Hall–Kier alpha value is -3.19. The summed E-state index contributed by atoms with van der Waals surface area (Å²) < 4.78 is 34.9. The molecule has 3 amide bonds. The zero-order valence-electron chi connectivity index (χ0n) is 26.2. The predicted octanol–water partition coefficient (Wildman–Crippen LogP) is 4.28. The fourth-order valence-corrected chi connectivity index (χ4v) is 6.24. The molecule has 2 aromatic rings. The standard InChI is InChI=1S/C32H45N5O6S/c1-32(2,3)23-16-22(18-33-44(40)41)30(42-4)27(17-23)35-31(39)34-26-10-11-28(25-7-5-6-24(25)26)43-15-14-36-12-13-37(29(38)20-36)19-21-8-9-21/h10-11,16-17,21,33H,5-9,12-15,18-20H2,1-4H3,(H,40,41)(H2,34,35,39). The summed E-state index contributed by atoms with van der Waals surface area (Å²) in [5, 5.41) is 5.95. The number of nitrogens with one attached hydrogen (secondary N) is 3. The van der Waals surface area contributed by atoms with E-state index in [2.05, 4.69) is 41.0 Å². The third kappa shape index (κ3) is 8.09. The topological polar surface area (TPSA) is 132 Å². The molecular formula is C32H45N5O6S. The average Bonchev–Trinajstić information content (AvgIpc) is 3.64. The van der Waals surface area contributed by atoms with E-state index < -0.39 is 17.3 Å².